The maximum absolute atomic E-state index is 5.90. The Balaban J connectivity index is 2.37. The lowest BCUT2D eigenvalue weighted by atomic mass is 10.1. The Hall–Kier alpha value is -1.75. The van der Waals surface area contributed by atoms with Gasteiger partial charge in [-0.2, -0.15) is 5.10 Å². The molecule has 2 aromatic heterocycles. The monoisotopic (exact) mass is 290 g/mol. The number of hydrogen-bond donors (Lipinski definition) is 3. The minimum Gasteiger partial charge on any atom is -0.396 e. The number of hydrogen-bond acceptors (Lipinski definition) is 2. The first-order chi connectivity index (χ1) is 8.16. The van der Waals surface area contributed by atoms with Crippen LogP contribution in [-0.2, 0) is 0 Å². The third-order valence-electron chi connectivity index (χ3n) is 2.87. The first-order valence-corrected chi connectivity index (χ1v) is 6.03. The Kier molecular flexibility index (Phi) is 2.22. The van der Waals surface area contributed by atoms with Gasteiger partial charge in [0, 0.05) is 26.6 Å². The van der Waals surface area contributed by atoms with Crippen molar-refractivity contribution in [1.82, 2.24) is 15.2 Å². The lowest BCUT2D eigenvalue weighted by Crippen LogP contribution is -1.87. The van der Waals surface area contributed by atoms with E-state index in [4.69, 9.17) is 5.73 Å². The molecule has 0 saturated heterocycles. The first kappa shape index (κ1) is 10.4. The van der Waals surface area contributed by atoms with Gasteiger partial charge in [0.15, 0.2) is 0 Å². The van der Waals surface area contributed by atoms with Gasteiger partial charge in [-0.05, 0) is 19.1 Å². The Morgan fingerprint density at radius 2 is 2.18 bits per heavy atom. The fraction of sp³-hybridized carbons (Fsp3) is 0.0833. The van der Waals surface area contributed by atoms with Crippen LogP contribution < -0.4 is 5.73 Å². The van der Waals surface area contributed by atoms with Crippen molar-refractivity contribution in [3.8, 4) is 11.3 Å². The van der Waals surface area contributed by atoms with E-state index in [2.05, 4.69) is 43.2 Å². The average molecular weight is 291 g/mol. The molecule has 0 aliphatic heterocycles. The van der Waals surface area contributed by atoms with Crippen LogP contribution in [-0.4, -0.2) is 15.2 Å². The summed E-state index contributed by atoms with van der Waals surface area (Å²) in [7, 11) is 0. The standard InChI is InChI=1S/C12H11BrN4/c1-6-11(12-9(14)5-15-17-12)8-3-2-7(13)4-10(8)16-6/h2-5,16H,14H2,1H3,(H,15,17). The van der Waals surface area contributed by atoms with Crippen LogP contribution in [0.5, 0.6) is 0 Å². The summed E-state index contributed by atoms with van der Waals surface area (Å²) in [6, 6.07) is 6.14. The number of fused-ring (bicyclic) bond motifs is 1. The summed E-state index contributed by atoms with van der Waals surface area (Å²) in [6.07, 6.45) is 1.63. The van der Waals surface area contributed by atoms with E-state index >= 15 is 0 Å². The van der Waals surface area contributed by atoms with Gasteiger partial charge in [-0.3, -0.25) is 5.10 Å². The van der Waals surface area contributed by atoms with E-state index in [1.807, 2.05) is 13.0 Å². The number of nitrogens with zero attached hydrogens (tertiary/aromatic N) is 1. The smallest absolute Gasteiger partial charge is 0.0904 e. The van der Waals surface area contributed by atoms with Crippen molar-refractivity contribution < 1.29 is 0 Å². The SMILES string of the molecule is Cc1[nH]c2cc(Br)ccc2c1-c1[nH]ncc1N. The Labute approximate surface area is 106 Å². The molecule has 0 unspecified atom stereocenters. The summed E-state index contributed by atoms with van der Waals surface area (Å²) in [5, 5.41) is 8.06. The van der Waals surface area contributed by atoms with Crippen LogP contribution in [0.15, 0.2) is 28.9 Å². The third kappa shape index (κ3) is 1.54. The molecule has 0 atom stereocenters. The number of nitrogens with two attached hydrogens (primary N) is 1. The first-order valence-electron chi connectivity index (χ1n) is 5.24. The highest BCUT2D eigenvalue weighted by Crippen LogP contribution is 2.34. The van der Waals surface area contributed by atoms with Crippen LogP contribution in [0.25, 0.3) is 22.2 Å². The maximum Gasteiger partial charge on any atom is 0.0904 e. The second kappa shape index (κ2) is 3.63. The fourth-order valence-electron chi connectivity index (χ4n) is 2.12. The molecule has 86 valence electrons. The van der Waals surface area contributed by atoms with Crippen molar-refractivity contribution in [3.05, 3.63) is 34.6 Å². The molecule has 2 heterocycles. The van der Waals surface area contributed by atoms with E-state index in [-0.39, 0.29) is 0 Å². The van der Waals surface area contributed by atoms with Crippen LogP contribution in [0.2, 0.25) is 0 Å². The van der Waals surface area contributed by atoms with E-state index in [0.717, 1.165) is 32.3 Å². The minimum atomic E-state index is 0.664. The number of H-pyrrole nitrogens is 2. The summed E-state index contributed by atoms with van der Waals surface area (Å²) < 4.78 is 1.05. The van der Waals surface area contributed by atoms with Crippen LogP contribution in [0.1, 0.15) is 5.69 Å². The lowest BCUT2D eigenvalue weighted by Gasteiger charge is -1.99. The number of halogens is 1. The molecular weight excluding hydrogens is 280 g/mol. The Bertz CT molecular complexity index is 696. The lowest BCUT2D eigenvalue weighted by molar-refractivity contribution is 1.09. The predicted octanol–water partition coefficient (Wildman–Crippen LogP) is 3.21. The van der Waals surface area contributed by atoms with E-state index in [0.29, 0.717) is 5.69 Å². The molecule has 0 amide bonds. The molecule has 0 bridgehead atoms. The fourth-order valence-corrected chi connectivity index (χ4v) is 2.48. The Morgan fingerprint density at radius 1 is 1.35 bits per heavy atom. The van der Waals surface area contributed by atoms with Crippen molar-refractivity contribution in [2.24, 2.45) is 0 Å². The van der Waals surface area contributed by atoms with Crippen molar-refractivity contribution in [1.29, 1.82) is 0 Å². The van der Waals surface area contributed by atoms with Gasteiger partial charge in [-0.15, -0.1) is 0 Å². The summed E-state index contributed by atoms with van der Waals surface area (Å²) in [5.41, 5.74) is 10.7. The molecule has 4 nitrogen and oxygen atoms in total. The van der Waals surface area contributed by atoms with Crippen molar-refractivity contribution in [2.75, 3.05) is 5.73 Å². The van der Waals surface area contributed by atoms with Gasteiger partial charge in [0.2, 0.25) is 0 Å². The molecule has 3 rings (SSSR count). The third-order valence-corrected chi connectivity index (χ3v) is 3.36. The number of anilines is 1. The van der Waals surface area contributed by atoms with Crippen LogP contribution in [0, 0.1) is 6.92 Å². The molecule has 0 aliphatic rings. The number of aromatic nitrogens is 3. The number of benzene rings is 1. The molecule has 3 aromatic rings. The highest BCUT2D eigenvalue weighted by Gasteiger charge is 2.14. The van der Waals surface area contributed by atoms with Gasteiger partial charge in [0.05, 0.1) is 17.6 Å². The number of nitrogens with one attached hydrogen (secondary N) is 2. The number of aromatic amines is 2. The van der Waals surface area contributed by atoms with E-state index in [9.17, 15) is 0 Å². The van der Waals surface area contributed by atoms with Gasteiger partial charge < -0.3 is 10.7 Å². The van der Waals surface area contributed by atoms with E-state index in [1.54, 1.807) is 6.20 Å². The number of aryl methyl sites for hydroxylation is 1. The molecule has 4 N–H and O–H groups in total. The largest absolute Gasteiger partial charge is 0.396 e. The maximum atomic E-state index is 5.90. The molecule has 0 radical (unpaired) electrons. The molecule has 0 spiro atoms. The zero-order valence-corrected chi connectivity index (χ0v) is 10.8. The van der Waals surface area contributed by atoms with E-state index in [1.165, 1.54) is 0 Å². The zero-order chi connectivity index (χ0) is 12.0. The summed E-state index contributed by atoms with van der Waals surface area (Å²) >= 11 is 3.46. The average Bonchev–Trinajstić information content (AvgIpc) is 2.80. The Morgan fingerprint density at radius 3 is 2.88 bits per heavy atom. The predicted molar refractivity (Wildman–Crippen MR) is 72.7 cm³/mol. The number of rotatable bonds is 1. The van der Waals surface area contributed by atoms with Crippen LogP contribution in [0.4, 0.5) is 5.69 Å². The van der Waals surface area contributed by atoms with Crippen LogP contribution >= 0.6 is 15.9 Å². The topological polar surface area (TPSA) is 70.5 Å². The van der Waals surface area contributed by atoms with Gasteiger partial charge in [-0.25, -0.2) is 0 Å². The summed E-state index contributed by atoms with van der Waals surface area (Å²) in [4.78, 5) is 3.35. The van der Waals surface area contributed by atoms with E-state index < -0.39 is 0 Å². The van der Waals surface area contributed by atoms with Crippen molar-refractivity contribution in [2.45, 2.75) is 6.92 Å². The molecule has 0 aliphatic carbocycles. The second-order valence-corrected chi connectivity index (χ2v) is 4.93. The summed E-state index contributed by atoms with van der Waals surface area (Å²) in [6.45, 7) is 2.03. The summed E-state index contributed by atoms with van der Waals surface area (Å²) in [5.74, 6) is 0. The van der Waals surface area contributed by atoms with Crippen LogP contribution in [0.3, 0.4) is 0 Å². The second-order valence-electron chi connectivity index (χ2n) is 4.02. The molecule has 0 saturated carbocycles. The highest BCUT2D eigenvalue weighted by atomic mass is 79.9. The van der Waals surface area contributed by atoms with Crippen molar-refractivity contribution in [3.63, 3.8) is 0 Å². The van der Waals surface area contributed by atoms with Gasteiger partial charge in [-0.1, -0.05) is 22.0 Å². The van der Waals surface area contributed by atoms with Gasteiger partial charge >= 0.3 is 0 Å². The quantitative estimate of drug-likeness (QED) is 0.644. The van der Waals surface area contributed by atoms with Gasteiger partial charge in [0.1, 0.15) is 0 Å². The zero-order valence-electron chi connectivity index (χ0n) is 9.21. The van der Waals surface area contributed by atoms with Gasteiger partial charge in [0.25, 0.3) is 0 Å². The highest BCUT2D eigenvalue weighted by molar-refractivity contribution is 9.10. The molecule has 1 aromatic carbocycles. The number of nitrogen functional groups attached to an aromatic ring is 1. The minimum absolute atomic E-state index is 0.664. The normalized spacial score (nSPS) is 11.2. The molecule has 0 fully saturated rings. The van der Waals surface area contributed by atoms with Crippen molar-refractivity contribution >= 4 is 32.5 Å². The molecule has 17 heavy (non-hydrogen) atoms. The molecular formula is C12H11BrN4. The molecule has 5 heteroatoms.